The van der Waals surface area contributed by atoms with Crippen LogP contribution in [-0.4, -0.2) is 20.4 Å². The average Bonchev–Trinajstić information content (AvgIpc) is 2.83. The van der Waals surface area contributed by atoms with E-state index in [2.05, 4.69) is 4.72 Å². The lowest BCUT2D eigenvalue weighted by molar-refractivity contribution is -0.135. The number of nitrogens with one attached hydrogen (secondary N) is 1. The number of sulfonamides is 1. The van der Waals surface area contributed by atoms with Crippen molar-refractivity contribution >= 4 is 38.6 Å². The quantitative estimate of drug-likeness (QED) is 0.208. The van der Waals surface area contributed by atoms with Gasteiger partial charge < -0.3 is 9.15 Å². The van der Waals surface area contributed by atoms with Crippen LogP contribution in [0.3, 0.4) is 0 Å². The third kappa shape index (κ3) is 5.51. The second kappa shape index (κ2) is 10.3. The molecule has 9 heteroatoms. The summed E-state index contributed by atoms with van der Waals surface area (Å²) in [6.45, 7) is 5.01. The summed E-state index contributed by atoms with van der Waals surface area (Å²) in [7, 11) is -3.94. The minimum absolute atomic E-state index is 0.0278. The second-order valence-electron chi connectivity index (χ2n) is 8.51. The number of halogens is 1. The summed E-state index contributed by atoms with van der Waals surface area (Å²) in [5.41, 5.74) is 2.79. The molecule has 36 heavy (non-hydrogen) atoms. The Balaban J connectivity index is 1.57. The molecule has 0 fully saturated rings. The highest BCUT2D eigenvalue weighted by atomic mass is 35.5. The SMILES string of the molecule is Cc1ccc(S(=O)(=O)NC(C)C(=O)Oc2cc3oc(=O)c(Cc4ccccc4)c(C)c3cc2Cl)cc1. The van der Waals surface area contributed by atoms with Gasteiger partial charge in [0.25, 0.3) is 0 Å². The molecule has 0 amide bonds. The van der Waals surface area contributed by atoms with Gasteiger partial charge in [0, 0.05) is 23.4 Å². The molecule has 0 aliphatic heterocycles. The zero-order chi connectivity index (χ0) is 26.0. The van der Waals surface area contributed by atoms with Gasteiger partial charge in [0.05, 0.1) is 9.92 Å². The van der Waals surface area contributed by atoms with Crippen LogP contribution < -0.4 is 15.1 Å². The molecule has 0 aliphatic carbocycles. The molecule has 0 saturated carbocycles. The fraction of sp³-hybridized carbons (Fsp3) is 0.185. The zero-order valence-corrected chi connectivity index (χ0v) is 21.4. The highest BCUT2D eigenvalue weighted by Crippen LogP contribution is 2.32. The van der Waals surface area contributed by atoms with E-state index in [1.54, 1.807) is 18.2 Å². The molecular weight excluding hydrogens is 502 g/mol. The minimum atomic E-state index is -3.94. The molecular formula is C27H24ClNO6S. The van der Waals surface area contributed by atoms with Gasteiger partial charge in [0.2, 0.25) is 10.0 Å². The van der Waals surface area contributed by atoms with E-state index in [-0.39, 0.29) is 21.3 Å². The maximum absolute atomic E-state index is 12.7. The number of carbonyl (C=O) groups excluding carboxylic acids is 1. The van der Waals surface area contributed by atoms with E-state index in [0.29, 0.717) is 22.9 Å². The number of esters is 1. The van der Waals surface area contributed by atoms with Crippen molar-refractivity contribution in [3.8, 4) is 5.75 Å². The highest BCUT2D eigenvalue weighted by molar-refractivity contribution is 7.89. The lowest BCUT2D eigenvalue weighted by Gasteiger charge is -2.15. The molecule has 0 aliphatic rings. The van der Waals surface area contributed by atoms with Crippen molar-refractivity contribution in [1.82, 2.24) is 4.72 Å². The molecule has 0 radical (unpaired) electrons. The molecule has 7 nitrogen and oxygen atoms in total. The molecule has 0 bridgehead atoms. The molecule has 1 unspecified atom stereocenters. The molecule has 0 spiro atoms. The van der Waals surface area contributed by atoms with Gasteiger partial charge in [0.1, 0.15) is 11.6 Å². The van der Waals surface area contributed by atoms with Crippen LogP contribution in [-0.2, 0) is 21.2 Å². The van der Waals surface area contributed by atoms with Crippen molar-refractivity contribution in [1.29, 1.82) is 0 Å². The van der Waals surface area contributed by atoms with E-state index in [0.717, 1.165) is 11.1 Å². The number of aryl methyl sites for hydroxylation is 2. The molecule has 3 aromatic carbocycles. The fourth-order valence-electron chi connectivity index (χ4n) is 3.74. The number of benzene rings is 3. The topological polar surface area (TPSA) is 103 Å². The largest absolute Gasteiger partial charge is 0.424 e. The zero-order valence-electron chi connectivity index (χ0n) is 19.9. The molecule has 4 aromatic rings. The van der Waals surface area contributed by atoms with E-state index >= 15 is 0 Å². The number of fused-ring (bicyclic) bond motifs is 1. The summed E-state index contributed by atoms with van der Waals surface area (Å²) < 4.78 is 38.4. The first-order chi connectivity index (χ1) is 17.0. The predicted octanol–water partition coefficient (Wildman–Crippen LogP) is 4.93. The number of ether oxygens (including phenoxy) is 1. The summed E-state index contributed by atoms with van der Waals surface area (Å²) in [5.74, 6) is -0.916. The van der Waals surface area contributed by atoms with Gasteiger partial charge in [-0.3, -0.25) is 0 Å². The summed E-state index contributed by atoms with van der Waals surface area (Å²) >= 11 is 6.38. The number of rotatable bonds is 7. The Morgan fingerprint density at radius 2 is 1.72 bits per heavy atom. The van der Waals surface area contributed by atoms with Crippen LogP contribution in [0.4, 0.5) is 0 Å². The monoisotopic (exact) mass is 525 g/mol. The van der Waals surface area contributed by atoms with Crippen LogP contribution in [0.1, 0.15) is 29.2 Å². The van der Waals surface area contributed by atoms with Crippen molar-refractivity contribution in [2.45, 2.75) is 38.1 Å². The Hall–Kier alpha value is -3.46. The Bertz CT molecular complexity index is 1600. The first kappa shape index (κ1) is 25.6. The van der Waals surface area contributed by atoms with Gasteiger partial charge in [-0.05, 0) is 50.1 Å². The number of hydrogen-bond donors (Lipinski definition) is 1. The smallest absolute Gasteiger partial charge is 0.340 e. The molecule has 0 saturated heterocycles. The molecule has 1 N–H and O–H groups in total. The fourth-order valence-corrected chi connectivity index (χ4v) is 5.13. The molecule has 4 rings (SSSR count). The van der Waals surface area contributed by atoms with Gasteiger partial charge in [-0.25, -0.2) is 18.0 Å². The van der Waals surface area contributed by atoms with Crippen LogP contribution >= 0.6 is 11.6 Å². The van der Waals surface area contributed by atoms with E-state index in [1.165, 1.54) is 25.1 Å². The minimum Gasteiger partial charge on any atom is -0.424 e. The first-order valence-electron chi connectivity index (χ1n) is 11.2. The molecule has 1 heterocycles. The van der Waals surface area contributed by atoms with Crippen molar-refractivity contribution in [2.24, 2.45) is 0 Å². The van der Waals surface area contributed by atoms with Crippen molar-refractivity contribution in [3.63, 3.8) is 0 Å². The first-order valence-corrected chi connectivity index (χ1v) is 13.0. The van der Waals surface area contributed by atoms with Crippen LogP contribution in [0.15, 0.2) is 80.8 Å². The summed E-state index contributed by atoms with van der Waals surface area (Å²) in [4.78, 5) is 25.4. The van der Waals surface area contributed by atoms with E-state index < -0.39 is 27.7 Å². The Morgan fingerprint density at radius 1 is 1.06 bits per heavy atom. The van der Waals surface area contributed by atoms with Crippen molar-refractivity contribution in [2.75, 3.05) is 0 Å². The van der Waals surface area contributed by atoms with E-state index in [1.807, 2.05) is 44.2 Å². The van der Waals surface area contributed by atoms with Crippen LogP contribution in [0, 0.1) is 13.8 Å². The summed E-state index contributed by atoms with van der Waals surface area (Å²) in [6, 6.07) is 17.5. The van der Waals surface area contributed by atoms with Crippen molar-refractivity contribution in [3.05, 3.63) is 104 Å². The predicted molar refractivity (Wildman–Crippen MR) is 138 cm³/mol. The van der Waals surface area contributed by atoms with Gasteiger partial charge in [-0.1, -0.05) is 59.6 Å². The summed E-state index contributed by atoms with van der Waals surface area (Å²) in [5, 5.41) is 0.727. The van der Waals surface area contributed by atoms with Gasteiger partial charge in [-0.2, -0.15) is 4.72 Å². The number of carbonyl (C=O) groups is 1. The Kier molecular flexibility index (Phi) is 7.31. The van der Waals surface area contributed by atoms with Crippen LogP contribution in [0.2, 0.25) is 5.02 Å². The lowest BCUT2D eigenvalue weighted by Crippen LogP contribution is -2.40. The maximum Gasteiger partial charge on any atom is 0.340 e. The lowest BCUT2D eigenvalue weighted by atomic mass is 9.99. The Labute approximate surface area is 213 Å². The molecule has 186 valence electrons. The maximum atomic E-state index is 12.7. The van der Waals surface area contributed by atoms with E-state index in [4.69, 9.17) is 20.8 Å². The summed E-state index contributed by atoms with van der Waals surface area (Å²) in [6.07, 6.45) is 0.401. The highest BCUT2D eigenvalue weighted by Gasteiger charge is 2.25. The van der Waals surface area contributed by atoms with E-state index in [9.17, 15) is 18.0 Å². The van der Waals surface area contributed by atoms with Crippen molar-refractivity contribution < 1.29 is 22.4 Å². The van der Waals surface area contributed by atoms with Crippen LogP contribution in [0.5, 0.6) is 5.75 Å². The normalized spacial score (nSPS) is 12.4. The van der Waals surface area contributed by atoms with Crippen LogP contribution in [0.25, 0.3) is 11.0 Å². The van der Waals surface area contributed by atoms with Gasteiger partial charge in [0.15, 0.2) is 5.75 Å². The average molecular weight is 526 g/mol. The third-order valence-corrected chi connectivity index (χ3v) is 7.64. The standard InChI is InChI=1S/C27H24ClNO6S/c1-16-9-11-20(12-10-16)36(32,33)29-18(3)26(30)35-25-15-24-21(14-23(25)28)17(2)22(27(31)34-24)13-19-7-5-4-6-8-19/h4-12,14-15,18,29H,13H2,1-3H3. The van der Waals surface area contributed by atoms with Gasteiger partial charge >= 0.3 is 11.6 Å². The molecule has 1 atom stereocenters. The number of hydrogen-bond acceptors (Lipinski definition) is 6. The van der Waals surface area contributed by atoms with Gasteiger partial charge in [-0.15, -0.1) is 0 Å². The second-order valence-corrected chi connectivity index (χ2v) is 10.6. The Morgan fingerprint density at radius 3 is 2.39 bits per heavy atom. The third-order valence-electron chi connectivity index (χ3n) is 5.79. The molecule has 1 aromatic heterocycles.